The van der Waals surface area contributed by atoms with E-state index in [0.717, 1.165) is 55.8 Å². The Balaban J connectivity index is 1.16. The third-order valence-electron chi connectivity index (χ3n) is 10.4. The highest BCUT2D eigenvalue weighted by atomic mass is 19.1. The van der Waals surface area contributed by atoms with Gasteiger partial charge in [-0.05, 0) is 70.5 Å². The number of pyridine rings is 1. The fraction of sp³-hybridized carbons (Fsp3) is 0.425. The highest BCUT2D eigenvalue weighted by Gasteiger charge is 2.35. The average Bonchev–Trinajstić information content (AvgIpc) is 3.57. The summed E-state index contributed by atoms with van der Waals surface area (Å²) in [6, 6.07) is 12.6. The molecule has 1 atom stereocenters. The third kappa shape index (κ3) is 6.79. The van der Waals surface area contributed by atoms with Crippen molar-refractivity contribution in [3.05, 3.63) is 75.8 Å². The quantitative estimate of drug-likeness (QED) is 0.217. The van der Waals surface area contributed by atoms with Gasteiger partial charge < -0.3 is 44.1 Å². The predicted octanol–water partition coefficient (Wildman–Crippen LogP) is 5.27. The topological polar surface area (TPSA) is 118 Å². The lowest BCUT2D eigenvalue weighted by atomic mass is 9.95. The number of alkyl carbamates (subject to hydrolysis) is 1. The summed E-state index contributed by atoms with van der Waals surface area (Å²) in [6.45, 7) is 11.7. The number of anilines is 1. The molecule has 5 heterocycles. The Kier molecular flexibility index (Phi) is 9.02. The SMILES string of the molecule is CN1CCN(CCCNC(=O)c2cn3c4c(c(N5CC[C@H](NC(=O)OC(C)(C)C)C5)c(F)cc4c2=O)Oc2cc4c(cc2-3)-c2ccccc2CO4)CC1. The van der Waals surface area contributed by atoms with E-state index in [1.807, 2.05) is 35.2 Å². The zero-order chi connectivity index (χ0) is 37.0. The molecular weight excluding hydrogens is 679 g/mol. The zero-order valence-electron chi connectivity index (χ0n) is 30.6. The molecule has 3 aromatic carbocycles. The Labute approximate surface area is 307 Å². The molecule has 2 amide bonds. The first kappa shape index (κ1) is 34.9. The van der Waals surface area contributed by atoms with Gasteiger partial charge in [-0.3, -0.25) is 9.59 Å². The van der Waals surface area contributed by atoms with E-state index in [-0.39, 0.29) is 28.4 Å². The molecule has 4 aromatic rings. The van der Waals surface area contributed by atoms with Crippen molar-refractivity contribution in [3.8, 4) is 34.1 Å². The minimum Gasteiger partial charge on any atom is -0.488 e. The van der Waals surface area contributed by atoms with E-state index in [1.54, 1.807) is 37.6 Å². The molecule has 2 saturated heterocycles. The van der Waals surface area contributed by atoms with Crippen molar-refractivity contribution in [2.45, 2.75) is 51.9 Å². The van der Waals surface area contributed by atoms with E-state index < -0.39 is 28.8 Å². The molecule has 0 bridgehead atoms. The number of likely N-dealkylation sites (N-methyl/N-ethyl adjacent to an activating group) is 1. The molecule has 53 heavy (non-hydrogen) atoms. The van der Waals surface area contributed by atoms with Gasteiger partial charge in [-0.1, -0.05) is 24.3 Å². The Morgan fingerprint density at radius 1 is 1.02 bits per heavy atom. The summed E-state index contributed by atoms with van der Waals surface area (Å²) in [5, 5.41) is 5.87. The van der Waals surface area contributed by atoms with Crippen molar-refractivity contribution in [1.82, 2.24) is 25.0 Å². The number of carbonyl (C=O) groups is 2. The standard InChI is InChI=1S/C40H45FN6O6/c1-40(2,3)53-39(50)43-25-10-13-46(21-25)35-30(41)18-28-34-37(35)52-33-20-32-27(26-9-6-5-8-24(26)23-51-32)19-31(33)47(34)22-29(36(28)48)38(49)42-11-7-12-45-16-14-44(4)15-17-45/h5-6,8-9,18-20,22,25H,7,10-17,21,23H2,1-4H3,(H,42,49)(H,43,50)/t25-/m0/s1. The number of ether oxygens (including phenoxy) is 3. The number of carbonyl (C=O) groups excluding carboxylic acids is 2. The average molecular weight is 725 g/mol. The van der Waals surface area contributed by atoms with Gasteiger partial charge >= 0.3 is 6.09 Å². The van der Waals surface area contributed by atoms with Crippen LogP contribution in [0.4, 0.5) is 14.9 Å². The van der Waals surface area contributed by atoms with Crippen molar-refractivity contribution < 1.29 is 28.2 Å². The highest BCUT2D eigenvalue weighted by Crippen LogP contribution is 2.51. The molecule has 0 aliphatic carbocycles. The number of nitrogens with one attached hydrogen (secondary N) is 2. The van der Waals surface area contributed by atoms with Crippen LogP contribution in [0.5, 0.6) is 17.2 Å². The Hall–Kier alpha value is -5.14. The van der Waals surface area contributed by atoms with Crippen LogP contribution < -0.4 is 30.4 Å². The summed E-state index contributed by atoms with van der Waals surface area (Å²) in [5.74, 6) is -0.000560. The molecule has 0 radical (unpaired) electrons. The second kappa shape index (κ2) is 13.7. The van der Waals surface area contributed by atoms with Crippen LogP contribution in [0.25, 0.3) is 27.7 Å². The molecule has 1 aromatic heterocycles. The first-order valence-corrected chi connectivity index (χ1v) is 18.4. The van der Waals surface area contributed by atoms with Crippen molar-refractivity contribution >= 4 is 28.6 Å². The second-order valence-corrected chi connectivity index (χ2v) is 15.4. The Bertz CT molecular complexity index is 2170. The molecule has 4 aliphatic rings. The predicted molar refractivity (Wildman–Crippen MR) is 200 cm³/mol. The van der Waals surface area contributed by atoms with Gasteiger partial charge in [0.25, 0.3) is 5.91 Å². The van der Waals surface area contributed by atoms with E-state index in [4.69, 9.17) is 14.2 Å². The van der Waals surface area contributed by atoms with E-state index in [1.165, 1.54) is 6.07 Å². The smallest absolute Gasteiger partial charge is 0.407 e. The first-order chi connectivity index (χ1) is 25.4. The zero-order valence-corrected chi connectivity index (χ0v) is 30.6. The fourth-order valence-electron chi connectivity index (χ4n) is 7.71. The molecule has 0 unspecified atom stereocenters. The number of fused-ring (bicyclic) bond motifs is 5. The van der Waals surface area contributed by atoms with E-state index in [9.17, 15) is 14.4 Å². The molecule has 13 heteroatoms. The van der Waals surface area contributed by atoms with Gasteiger partial charge in [0.1, 0.15) is 34.7 Å². The van der Waals surface area contributed by atoms with Gasteiger partial charge in [-0.25, -0.2) is 9.18 Å². The van der Waals surface area contributed by atoms with E-state index in [0.29, 0.717) is 55.4 Å². The molecule has 0 spiro atoms. The molecule has 12 nitrogen and oxygen atoms in total. The molecular formula is C40H45FN6O6. The van der Waals surface area contributed by atoms with E-state index >= 15 is 4.39 Å². The molecule has 278 valence electrons. The number of hydrogen-bond acceptors (Lipinski definition) is 9. The van der Waals surface area contributed by atoms with Crippen LogP contribution in [0.15, 0.2) is 53.5 Å². The van der Waals surface area contributed by atoms with Crippen LogP contribution in [-0.2, 0) is 11.3 Å². The van der Waals surface area contributed by atoms with Gasteiger partial charge in [-0.2, -0.15) is 0 Å². The number of rotatable bonds is 7. The minimum absolute atomic E-state index is 0.0361. The van der Waals surface area contributed by atoms with Crippen LogP contribution in [0.2, 0.25) is 0 Å². The van der Waals surface area contributed by atoms with Crippen LogP contribution in [0, 0.1) is 5.82 Å². The number of piperazine rings is 1. The maximum atomic E-state index is 16.4. The maximum absolute atomic E-state index is 16.4. The summed E-state index contributed by atoms with van der Waals surface area (Å²) >= 11 is 0. The van der Waals surface area contributed by atoms with E-state index in [2.05, 4.69) is 27.5 Å². The highest BCUT2D eigenvalue weighted by molar-refractivity contribution is 6.01. The molecule has 2 fully saturated rings. The summed E-state index contributed by atoms with van der Waals surface area (Å²) in [7, 11) is 2.11. The number of aromatic nitrogens is 1. The Morgan fingerprint density at radius 3 is 2.60 bits per heavy atom. The number of hydrogen-bond donors (Lipinski definition) is 2. The third-order valence-corrected chi connectivity index (χ3v) is 10.4. The van der Waals surface area contributed by atoms with Crippen LogP contribution in [0.3, 0.4) is 0 Å². The van der Waals surface area contributed by atoms with Gasteiger partial charge in [-0.15, -0.1) is 0 Å². The lowest BCUT2D eigenvalue weighted by molar-refractivity contribution is 0.0508. The number of benzene rings is 3. The van der Waals surface area contributed by atoms with Crippen LogP contribution in [0.1, 0.15) is 49.5 Å². The van der Waals surface area contributed by atoms with Crippen LogP contribution in [-0.4, -0.2) is 97.4 Å². The maximum Gasteiger partial charge on any atom is 0.407 e. The fourth-order valence-corrected chi connectivity index (χ4v) is 7.71. The lowest BCUT2D eigenvalue weighted by Gasteiger charge is -2.32. The van der Waals surface area contributed by atoms with Crippen molar-refractivity contribution in [3.63, 3.8) is 0 Å². The monoisotopic (exact) mass is 724 g/mol. The molecule has 2 N–H and O–H groups in total. The summed E-state index contributed by atoms with van der Waals surface area (Å²) in [5.41, 5.74) is 2.70. The molecule has 0 saturated carbocycles. The lowest BCUT2D eigenvalue weighted by Crippen LogP contribution is -2.45. The number of halogens is 1. The summed E-state index contributed by atoms with van der Waals surface area (Å²) < 4.78 is 36.4. The molecule has 4 aliphatic heterocycles. The molecule has 8 rings (SSSR count). The first-order valence-electron chi connectivity index (χ1n) is 18.4. The number of amides is 2. The summed E-state index contributed by atoms with van der Waals surface area (Å²) in [4.78, 5) is 46.9. The van der Waals surface area contributed by atoms with Crippen LogP contribution >= 0.6 is 0 Å². The summed E-state index contributed by atoms with van der Waals surface area (Å²) in [6.07, 6.45) is 2.29. The largest absolute Gasteiger partial charge is 0.488 e. The Morgan fingerprint density at radius 2 is 1.81 bits per heavy atom. The normalized spacial score (nSPS) is 18.1. The van der Waals surface area contributed by atoms with Crippen molar-refractivity contribution in [2.24, 2.45) is 0 Å². The van der Waals surface area contributed by atoms with Gasteiger partial charge in [0.2, 0.25) is 5.43 Å². The van der Waals surface area contributed by atoms with Crippen molar-refractivity contribution in [2.75, 3.05) is 64.3 Å². The van der Waals surface area contributed by atoms with Gasteiger partial charge in [0.15, 0.2) is 17.3 Å². The number of nitrogens with zero attached hydrogens (tertiary/aromatic N) is 4. The second-order valence-electron chi connectivity index (χ2n) is 15.4. The van der Waals surface area contributed by atoms with Gasteiger partial charge in [0.05, 0.1) is 17.1 Å². The van der Waals surface area contributed by atoms with Crippen molar-refractivity contribution in [1.29, 1.82) is 0 Å². The minimum atomic E-state index is -0.662. The van der Waals surface area contributed by atoms with Gasteiger partial charge in [0, 0.05) is 63.6 Å².